The number of hydrogen-bond donors (Lipinski definition) is 1. The van der Waals surface area contributed by atoms with Gasteiger partial charge in [-0.1, -0.05) is 25.5 Å². The summed E-state index contributed by atoms with van der Waals surface area (Å²) >= 11 is 0. The van der Waals surface area contributed by atoms with Gasteiger partial charge in [0.2, 0.25) is 0 Å². The number of anilines is 1. The average molecular weight is 232 g/mol. The summed E-state index contributed by atoms with van der Waals surface area (Å²) in [5.41, 5.74) is 9.83. The van der Waals surface area contributed by atoms with Gasteiger partial charge in [0, 0.05) is 25.3 Å². The number of benzene rings is 1. The molecule has 1 aliphatic heterocycles. The van der Waals surface area contributed by atoms with Crippen molar-refractivity contribution in [2.24, 2.45) is 11.7 Å². The quantitative estimate of drug-likeness (QED) is 0.867. The Hall–Kier alpha value is -1.02. The highest BCUT2D eigenvalue weighted by atomic mass is 15.1. The normalized spacial score (nSPS) is 20.6. The van der Waals surface area contributed by atoms with E-state index >= 15 is 0 Å². The molecule has 1 heterocycles. The van der Waals surface area contributed by atoms with Crippen molar-refractivity contribution in [3.8, 4) is 0 Å². The molecular weight excluding hydrogens is 208 g/mol. The first-order valence-corrected chi connectivity index (χ1v) is 6.79. The SMILES string of the molecule is CCC1CCCN(c2cc(C)ccc2CN)C1. The minimum atomic E-state index is 0.642. The highest BCUT2D eigenvalue weighted by Crippen LogP contribution is 2.28. The lowest BCUT2D eigenvalue weighted by atomic mass is 9.94. The van der Waals surface area contributed by atoms with Crippen molar-refractivity contribution in [3.05, 3.63) is 29.3 Å². The number of nitrogens with zero attached hydrogens (tertiary/aromatic N) is 1. The van der Waals surface area contributed by atoms with Crippen LogP contribution >= 0.6 is 0 Å². The third-order valence-corrected chi connectivity index (χ3v) is 3.90. The van der Waals surface area contributed by atoms with Crippen LogP contribution in [0.1, 0.15) is 37.3 Å². The molecule has 0 radical (unpaired) electrons. The van der Waals surface area contributed by atoms with Crippen LogP contribution in [0.4, 0.5) is 5.69 Å². The fourth-order valence-corrected chi connectivity index (χ4v) is 2.76. The maximum Gasteiger partial charge on any atom is 0.0414 e. The molecule has 1 aromatic rings. The molecule has 0 spiro atoms. The van der Waals surface area contributed by atoms with Crippen LogP contribution in [0.3, 0.4) is 0 Å². The zero-order valence-electron chi connectivity index (χ0n) is 11.1. The summed E-state index contributed by atoms with van der Waals surface area (Å²) in [5, 5.41) is 0. The van der Waals surface area contributed by atoms with Crippen LogP contribution in [-0.4, -0.2) is 13.1 Å². The summed E-state index contributed by atoms with van der Waals surface area (Å²) in [6.45, 7) is 7.49. The number of hydrogen-bond acceptors (Lipinski definition) is 2. The molecule has 2 nitrogen and oxygen atoms in total. The number of nitrogens with two attached hydrogens (primary N) is 1. The van der Waals surface area contributed by atoms with E-state index in [1.807, 2.05) is 0 Å². The summed E-state index contributed by atoms with van der Waals surface area (Å²) in [6, 6.07) is 6.63. The Balaban J connectivity index is 2.22. The van der Waals surface area contributed by atoms with E-state index in [9.17, 15) is 0 Å². The van der Waals surface area contributed by atoms with Crippen LogP contribution < -0.4 is 10.6 Å². The second kappa shape index (κ2) is 5.54. The monoisotopic (exact) mass is 232 g/mol. The first kappa shape index (κ1) is 12.4. The smallest absolute Gasteiger partial charge is 0.0414 e. The van der Waals surface area contributed by atoms with Crippen LogP contribution in [0.2, 0.25) is 0 Å². The molecule has 2 rings (SSSR count). The fourth-order valence-electron chi connectivity index (χ4n) is 2.76. The van der Waals surface area contributed by atoms with E-state index < -0.39 is 0 Å². The molecule has 2 N–H and O–H groups in total. The molecule has 1 atom stereocenters. The van der Waals surface area contributed by atoms with Gasteiger partial charge in [-0.05, 0) is 42.9 Å². The fraction of sp³-hybridized carbons (Fsp3) is 0.600. The summed E-state index contributed by atoms with van der Waals surface area (Å²) in [4.78, 5) is 2.53. The molecule has 0 bridgehead atoms. The number of aryl methyl sites for hydroxylation is 1. The molecule has 1 fully saturated rings. The van der Waals surface area contributed by atoms with Gasteiger partial charge >= 0.3 is 0 Å². The average Bonchev–Trinajstić information content (AvgIpc) is 2.39. The van der Waals surface area contributed by atoms with Gasteiger partial charge in [-0.25, -0.2) is 0 Å². The van der Waals surface area contributed by atoms with Crippen molar-refractivity contribution in [3.63, 3.8) is 0 Å². The Morgan fingerprint density at radius 3 is 2.94 bits per heavy atom. The lowest BCUT2D eigenvalue weighted by Gasteiger charge is -2.35. The second-order valence-corrected chi connectivity index (χ2v) is 5.20. The molecule has 2 heteroatoms. The molecule has 94 valence electrons. The van der Waals surface area contributed by atoms with Crippen LogP contribution in [0.15, 0.2) is 18.2 Å². The maximum atomic E-state index is 5.85. The molecule has 1 saturated heterocycles. The lowest BCUT2D eigenvalue weighted by molar-refractivity contribution is 0.404. The molecule has 0 amide bonds. The van der Waals surface area contributed by atoms with E-state index in [4.69, 9.17) is 5.73 Å². The third kappa shape index (κ3) is 2.81. The lowest BCUT2D eigenvalue weighted by Crippen LogP contribution is -2.36. The maximum absolute atomic E-state index is 5.85. The third-order valence-electron chi connectivity index (χ3n) is 3.90. The van der Waals surface area contributed by atoms with Gasteiger partial charge in [0.25, 0.3) is 0 Å². The number of rotatable bonds is 3. The standard InChI is InChI=1S/C15H24N2/c1-3-13-5-4-8-17(11-13)15-9-12(2)6-7-14(15)10-16/h6-7,9,13H,3-5,8,10-11,16H2,1-2H3. The van der Waals surface area contributed by atoms with Crippen LogP contribution in [-0.2, 0) is 6.54 Å². The van der Waals surface area contributed by atoms with Crippen molar-refractivity contribution in [2.45, 2.75) is 39.7 Å². The Bertz CT molecular complexity index is 373. The summed E-state index contributed by atoms with van der Waals surface area (Å²) in [5.74, 6) is 0.856. The summed E-state index contributed by atoms with van der Waals surface area (Å²) in [7, 11) is 0. The van der Waals surface area contributed by atoms with Gasteiger partial charge in [-0.2, -0.15) is 0 Å². The highest BCUT2D eigenvalue weighted by Gasteiger charge is 2.20. The molecule has 17 heavy (non-hydrogen) atoms. The Kier molecular flexibility index (Phi) is 4.06. The second-order valence-electron chi connectivity index (χ2n) is 5.20. The minimum Gasteiger partial charge on any atom is -0.371 e. The molecule has 0 aliphatic carbocycles. The first-order chi connectivity index (χ1) is 8.24. The van der Waals surface area contributed by atoms with Crippen LogP contribution in [0.5, 0.6) is 0 Å². The largest absolute Gasteiger partial charge is 0.371 e. The predicted octanol–water partition coefficient (Wildman–Crippen LogP) is 3.08. The van der Waals surface area contributed by atoms with E-state index in [1.165, 1.54) is 49.2 Å². The van der Waals surface area contributed by atoms with Crippen molar-refractivity contribution >= 4 is 5.69 Å². The number of piperidine rings is 1. The van der Waals surface area contributed by atoms with Gasteiger partial charge in [-0.3, -0.25) is 0 Å². The van der Waals surface area contributed by atoms with E-state index in [-0.39, 0.29) is 0 Å². The first-order valence-electron chi connectivity index (χ1n) is 6.79. The van der Waals surface area contributed by atoms with Gasteiger partial charge in [0.05, 0.1) is 0 Å². The van der Waals surface area contributed by atoms with Gasteiger partial charge in [0.1, 0.15) is 0 Å². The van der Waals surface area contributed by atoms with Gasteiger partial charge in [-0.15, -0.1) is 0 Å². The topological polar surface area (TPSA) is 29.3 Å². The van der Waals surface area contributed by atoms with Crippen molar-refractivity contribution in [2.75, 3.05) is 18.0 Å². The zero-order valence-corrected chi connectivity index (χ0v) is 11.1. The van der Waals surface area contributed by atoms with E-state index in [1.54, 1.807) is 0 Å². The van der Waals surface area contributed by atoms with Gasteiger partial charge in [0.15, 0.2) is 0 Å². The summed E-state index contributed by atoms with van der Waals surface area (Å²) < 4.78 is 0. The van der Waals surface area contributed by atoms with Crippen molar-refractivity contribution in [1.29, 1.82) is 0 Å². The molecule has 0 aromatic heterocycles. The van der Waals surface area contributed by atoms with Crippen LogP contribution in [0, 0.1) is 12.8 Å². The molecule has 0 saturated carbocycles. The zero-order chi connectivity index (χ0) is 12.3. The minimum absolute atomic E-state index is 0.642. The predicted molar refractivity (Wildman–Crippen MR) is 74.3 cm³/mol. The Labute approximate surface area is 105 Å². The van der Waals surface area contributed by atoms with Crippen molar-refractivity contribution < 1.29 is 0 Å². The van der Waals surface area contributed by atoms with Gasteiger partial charge < -0.3 is 10.6 Å². The van der Waals surface area contributed by atoms with E-state index in [0.717, 1.165) is 5.92 Å². The van der Waals surface area contributed by atoms with Crippen molar-refractivity contribution in [1.82, 2.24) is 0 Å². The molecule has 1 unspecified atom stereocenters. The van der Waals surface area contributed by atoms with E-state index in [0.29, 0.717) is 6.54 Å². The Morgan fingerprint density at radius 2 is 2.24 bits per heavy atom. The Morgan fingerprint density at radius 1 is 1.41 bits per heavy atom. The molecule has 1 aromatic carbocycles. The van der Waals surface area contributed by atoms with Crippen LogP contribution in [0.25, 0.3) is 0 Å². The molecular formula is C15H24N2. The summed E-state index contributed by atoms with van der Waals surface area (Å²) in [6.07, 6.45) is 3.99. The van der Waals surface area contributed by atoms with E-state index in [2.05, 4.69) is 36.9 Å². The molecule has 1 aliphatic rings. The highest BCUT2D eigenvalue weighted by molar-refractivity contribution is 5.55.